The third kappa shape index (κ3) is 8.88. The van der Waals surface area contributed by atoms with Crippen molar-refractivity contribution in [2.75, 3.05) is 28.4 Å². The van der Waals surface area contributed by atoms with E-state index in [1.807, 2.05) is 6.92 Å². The Hall–Kier alpha value is -4.52. The molecule has 3 rings (SSSR count). The number of nitrogens with one attached hydrogen (secondary N) is 1. The molecule has 6 atom stereocenters. The van der Waals surface area contributed by atoms with Crippen LogP contribution in [0.1, 0.15) is 46.1 Å². The van der Waals surface area contributed by atoms with Crippen LogP contribution in [0.3, 0.4) is 0 Å². The number of allylic oxidation sites excluding steroid dienone is 4. The van der Waals surface area contributed by atoms with Crippen LogP contribution >= 0.6 is 0 Å². The van der Waals surface area contributed by atoms with Crippen molar-refractivity contribution in [3.05, 3.63) is 82.3 Å². The van der Waals surface area contributed by atoms with E-state index in [-0.39, 0.29) is 40.5 Å². The van der Waals surface area contributed by atoms with Crippen LogP contribution in [0.25, 0.3) is 5.57 Å². The Morgan fingerprint density at radius 3 is 2.19 bits per heavy atom. The highest BCUT2D eigenvalue weighted by atomic mass is 16.6. The summed E-state index contributed by atoms with van der Waals surface area (Å²) >= 11 is 0. The third-order valence-corrected chi connectivity index (χ3v) is 8.48. The third-order valence-electron chi connectivity index (χ3n) is 8.48. The molecule has 0 radical (unpaired) electrons. The predicted octanol–water partition coefficient (Wildman–Crippen LogP) is 3.94. The Bertz CT molecular complexity index is 1540. The number of hydrogen-bond donors (Lipinski definition) is 3. The smallest absolute Gasteiger partial charge is 0.405 e. The lowest BCUT2D eigenvalue weighted by atomic mass is 9.82. The number of carbonyl (C=O) groups is 4. The van der Waals surface area contributed by atoms with Gasteiger partial charge in [-0.25, -0.2) is 4.79 Å². The van der Waals surface area contributed by atoms with Crippen LogP contribution in [0.4, 0.5) is 4.79 Å². The van der Waals surface area contributed by atoms with Gasteiger partial charge in [0.05, 0.1) is 32.0 Å². The molecule has 1 aliphatic heterocycles. The van der Waals surface area contributed by atoms with E-state index in [0.717, 1.165) is 0 Å². The number of hydrogen-bond acceptors (Lipinski definition) is 10. The fraction of sp³-hybridized carbons (Fsp3) is 0.444. The highest BCUT2D eigenvalue weighted by Gasteiger charge is 2.38. The molecule has 2 aliphatic rings. The Morgan fingerprint density at radius 2 is 1.62 bits per heavy atom. The molecule has 0 aromatic heterocycles. The number of Topliss-reactive ketones (excluding diaryl/α,β-unsaturated/α-hetero) is 2. The van der Waals surface area contributed by atoms with Crippen molar-refractivity contribution in [3.8, 4) is 5.75 Å². The van der Waals surface area contributed by atoms with Crippen molar-refractivity contribution in [2.45, 2.75) is 65.0 Å². The molecule has 2 amide bonds. The first kappa shape index (κ1) is 37.9. The van der Waals surface area contributed by atoms with E-state index in [4.69, 9.17) is 29.4 Å². The number of benzene rings is 1. The van der Waals surface area contributed by atoms with Gasteiger partial charge in [-0.15, -0.1) is 0 Å². The lowest BCUT2D eigenvalue weighted by Crippen LogP contribution is -2.37. The molecule has 0 unspecified atom stereocenters. The van der Waals surface area contributed by atoms with Crippen molar-refractivity contribution in [3.63, 3.8) is 0 Å². The molecule has 4 N–H and O–H groups in total. The van der Waals surface area contributed by atoms with Gasteiger partial charge in [-0.05, 0) is 55.9 Å². The second-order valence-corrected chi connectivity index (χ2v) is 12.0. The number of primary amides is 1. The summed E-state index contributed by atoms with van der Waals surface area (Å²) in [5, 5.41) is 14.0. The predicted molar refractivity (Wildman–Crippen MR) is 178 cm³/mol. The van der Waals surface area contributed by atoms with Crippen LogP contribution in [0.2, 0.25) is 0 Å². The fourth-order valence-electron chi connectivity index (χ4n) is 5.88. The minimum absolute atomic E-state index is 0.0232. The highest BCUT2D eigenvalue weighted by molar-refractivity contribution is 6.39. The minimum atomic E-state index is -1.01. The molecule has 260 valence electrons. The Labute approximate surface area is 281 Å². The van der Waals surface area contributed by atoms with E-state index in [2.05, 4.69) is 5.32 Å². The number of aliphatic hydroxyl groups is 1. The maximum Gasteiger partial charge on any atom is 0.405 e. The zero-order valence-corrected chi connectivity index (χ0v) is 28.7. The standard InChI is InChI=1S/C36H46N2O10/c1-19-16-25-31(40)29(28(32(41)34(25)47-8)23-12-14-24(44-5)15-13-23)38-35(42)20(2)10-9-11-26(45-6)33(48-36(37)43)22(4)18-21(3)30(39)27(17-19)46-7/h9-15,18-19,21,26-27,30,33,39H,16-17H2,1-8H3,(H2,37,43)(H,38,42)/b11-9-,20-10+,22-18+/t19-,21+,26-,27+,30-,33+/m1/s1. The fourth-order valence-corrected chi connectivity index (χ4v) is 5.88. The van der Waals surface area contributed by atoms with Crippen LogP contribution in [0.5, 0.6) is 5.75 Å². The Balaban J connectivity index is 2.22. The molecule has 1 aromatic carbocycles. The molecule has 12 nitrogen and oxygen atoms in total. The lowest BCUT2D eigenvalue weighted by Gasteiger charge is -2.30. The van der Waals surface area contributed by atoms with Crippen molar-refractivity contribution in [2.24, 2.45) is 17.6 Å². The van der Waals surface area contributed by atoms with Crippen LogP contribution in [0, 0.1) is 11.8 Å². The van der Waals surface area contributed by atoms with Gasteiger partial charge in [0.15, 0.2) is 11.9 Å². The molecular weight excluding hydrogens is 620 g/mol. The zero-order valence-electron chi connectivity index (χ0n) is 28.7. The van der Waals surface area contributed by atoms with Gasteiger partial charge in [-0.3, -0.25) is 14.4 Å². The van der Waals surface area contributed by atoms with Crippen LogP contribution in [-0.2, 0) is 33.3 Å². The molecular formula is C36H46N2O10. The molecule has 1 aliphatic carbocycles. The SMILES string of the molecule is COC1=C2C[C@@H](C)C[C@H](OC)[C@H](O)[C@@H](C)/C=C(\C)[C@H](OC(N)=O)[C@H](OC)/C=C\C=C(/C)C(=O)NC(=C(c3ccc(OC)cc3)C1=O)C2=O. The van der Waals surface area contributed by atoms with Crippen LogP contribution < -0.4 is 15.8 Å². The summed E-state index contributed by atoms with van der Waals surface area (Å²) < 4.78 is 27.5. The van der Waals surface area contributed by atoms with Crippen molar-refractivity contribution >= 4 is 29.1 Å². The summed E-state index contributed by atoms with van der Waals surface area (Å²) in [6.45, 7) is 6.93. The van der Waals surface area contributed by atoms with E-state index in [9.17, 15) is 24.3 Å². The quantitative estimate of drug-likeness (QED) is 0.298. The van der Waals surface area contributed by atoms with E-state index in [1.54, 1.807) is 63.3 Å². The van der Waals surface area contributed by atoms with Gasteiger partial charge in [0.25, 0.3) is 5.91 Å². The molecule has 12 heteroatoms. The molecule has 1 aromatic rings. The number of nitrogens with two attached hydrogens (primary N) is 1. The number of fused-ring (bicyclic) bond motifs is 2. The van der Waals surface area contributed by atoms with Gasteiger partial charge in [-0.1, -0.05) is 50.3 Å². The van der Waals surface area contributed by atoms with Gasteiger partial charge in [-0.2, -0.15) is 0 Å². The summed E-state index contributed by atoms with van der Waals surface area (Å²) in [5.41, 5.74) is 6.44. The summed E-state index contributed by atoms with van der Waals surface area (Å²) in [4.78, 5) is 53.6. The van der Waals surface area contributed by atoms with Crippen LogP contribution in [-0.4, -0.2) is 81.5 Å². The van der Waals surface area contributed by atoms with E-state index in [1.165, 1.54) is 34.5 Å². The Morgan fingerprint density at radius 1 is 0.958 bits per heavy atom. The summed E-state index contributed by atoms with van der Waals surface area (Å²) in [7, 11) is 5.73. The number of rotatable bonds is 6. The van der Waals surface area contributed by atoms with Crippen LogP contribution in [0.15, 0.2) is 76.7 Å². The number of amides is 2. The normalized spacial score (nSPS) is 29.3. The largest absolute Gasteiger partial charge is 0.497 e. The van der Waals surface area contributed by atoms with Gasteiger partial charge < -0.3 is 39.8 Å². The molecule has 1 heterocycles. The molecule has 2 bridgehead atoms. The van der Waals surface area contributed by atoms with Crippen molar-refractivity contribution in [1.82, 2.24) is 5.32 Å². The van der Waals surface area contributed by atoms with Crippen molar-refractivity contribution in [1.29, 1.82) is 0 Å². The van der Waals surface area contributed by atoms with E-state index in [0.29, 0.717) is 23.3 Å². The monoisotopic (exact) mass is 666 g/mol. The van der Waals surface area contributed by atoms with Gasteiger partial charge >= 0.3 is 6.09 Å². The van der Waals surface area contributed by atoms with E-state index >= 15 is 0 Å². The molecule has 0 fully saturated rings. The minimum Gasteiger partial charge on any atom is -0.497 e. The lowest BCUT2D eigenvalue weighted by molar-refractivity contribution is -0.120. The number of methoxy groups -OCH3 is 4. The Kier molecular flexibility index (Phi) is 13.5. The van der Waals surface area contributed by atoms with Gasteiger partial charge in [0.1, 0.15) is 17.6 Å². The van der Waals surface area contributed by atoms with Crippen molar-refractivity contribution < 1.29 is 48.0 Å². The first-order valence-corrected chi connectivity index (χ1v) is 15.6. The first-order chi connectivity index (χ1) is 22.8. The number of ether oxygens (including phenoxy) is 5. The molecule has 0 saturated carbocycles. The highest BCUT2D eigenvalue weighted by Crippen LogP contribution is 2.35. The number of carbonyl (C=O) groups excluding carboxylic acids is 4. The second-order valence-electron chi connectivity index (χ2n) is 12.0. The molecule has 0 saturated heterocycles. The number of ketones is 2. The second kappa shape index (κ2) is 17.0. The summed E-state index contributed by atoms with van der Waals surface area (Å²) in [6, 6.07) is 6.53. The first-order valence-electron chi connectivity index (χ1n) is 15.6. The number of aliphatic hydroxyl groups excluding tert-OH is 1. The maximum absolute atomic E-state index is 14.2. The molecule has 48 heavy (non-hydrogen) atoms. The topological polar surface area (TPSA) is 173 Å². The van der Waals surface area contributed by atoms with Gasteiger partial charge in [0, 0.05) is 31.3 Å². The maximum atomic E-state index is 14.2. The summed E-state index contributed by atoms with van der Waals surface area (Å²) in [6.07, 6.45) is 2.34. The average Bonchev–Trinajstić information content (AvgIpc) is 3.06. The average molecular weight is 667 g/mol. The molecule has 0 spiro atoms. The summed E-state index contributed by atoms with van der Waals surface area (Å²) in [5.74, 6) is -2.08. The zero-order chi connectivity index (χ0) is 35.7. The van der Waals surface area contributed by atoms with E-state index < -0.39 is 53.9 Å². The van der Waals surface area contributed by atoms with Gasteiger partial charge in [0.2, 0.25) is 11.6 Å².